The predicted octanol–water partition coefficient (Wildman–Crippen LogP) is 2.33. The lowest BCUT2D eigenvalue weighted by Gasteiger charge is -2.07. The second kappa shape index (κ2) is 5.12. The van der Waals surface area contributed by atoms with Gasteiger partial charge in [0.25, 0.3) is 5.69 Å². The monoisotopic (exact) mass is 231 g/mol. The molecule has 0 aliphatic heterocycles. The summed E-state index contributed by atoms with van der Waals surface area (Å²) in [6.45, 7) is 1.66. The minimum atomic E-state index is -0.430. The Kier molecular flexibility index (Phi) is 3.83. The van der Waals surface area contributed by atoms with E-state index in [1.54, 1.807) is 30.2 Å². The van der Waals surface area contributed by atoms with Crippen LogP contribution in [0.2, 0.25) is 0 Å². The third-order valence-electron chi connectivity index (χ3n) is 2.21. The molecule has 0 atom stereocenters. The van der Waals surface area contributed by atoms with Crippen LogP contribution in [0.3, 0.4) is 0 Å². The van der Waals surface area contributed by atoms with Crippen LogP contribution >= 0.6 is 0 Å². The van der Waals surface area contributed by atoms with Crippen LogP contribution in [-0.2, 0) is 0 Å². The van der Waals surface area contributed by atoms with E-state index in [4.69, 9.17) is 5.26 Å². The van der Waals surface area contributed by atoms with Gasteiger partial charge in [0.1, 0.15) is 6.07 Å². The van der Waals surface area contributed by atoms with Gasteiger partial charge in [-0.05, 0) is 24.6 Å². The highest BCUT2D eigenvalue weighted by molar-refractivity contribution is 5.77. The zero-order chi connectivity index (χ0) is 13.0. The van der Waals surface area contributed by atoms with Gasteiger partial charge in [0.2, 0.25) is 0 Å². The minimum Gasteiger partial charge on any atom is -0.382 e. The van der Waals surface area contributed by atoms with Crippen molar-refractivity contribution < 1.29 is 4.92 Å². The highest BCUT2D eigenvalue weighted by atomic mass is 16.6. The first-order valence-corrected chi connectivity index (χ1v) is 4.99. The topological polar surface area (TPSA) is 70.2 Å². The Morgan fingerprint density at radius 3 is 2.59 bits per heavy atom. The molecule has 0 saturated heterocycles. The van der Waals surface area contributed by atoms with E-state index in [1.807, 2.05) is 14.1 Å². The lowest BCUT2D eigenvalue weighted by Crippen LogP contribution is -2.02. The van der Waals surface area contributed by atoms with E-state index in [2.05, 4.69) is 6.07 Å². The van der Waals surface area contributed by atoms with Gasteiger partial charge in [0, 0.05) is 31.9 Å². The second-order valence-corrected chi connectivity index (χ2v) is 3.88. The van der Waals surface area contributed by atoms with Crippen molar-refractivity contribution in [2.45, 2.75) is 6.92 Å². The SMILES string of the molecule is Cc1cc(C(C#N)=CN(C)C)ccc1[N+](=O)[O-]. The fraction of sp³-hybridized carbons (Fsp3) is 0.250. The third kappa shape index (κ3) is 3.05. The Labute approximate surface area is 99.7 Å². The number of nitro groups is 1. The predicted molar refractivity (Wildman–Crippen MR) is 65.1 cm³/mol. The van der Waals surface area contributed by atoms with Gasteiger partial charge in [-0.15, -0.1) is 0 Å². The summed E-state index contributed by atoms with van der Waals surface area (Å²) in [6, 6.07) is 6.73. The molecule has 88 valence electrons. The molecule has 0 bridgehead atoms. The highest BCUT2D eigenvalue weighted by Crippen LogP contribution is 2.23. The second-order valence-electron chi connectivity index (χ2n) is 3.88. The molecule has 17 heavy (non-hydrogen) atoms. The number of hydrogen-bond acceptors (Lipinski definition) is 4. The van der Waals surface area contributed by atoms with Gasteiger partial charge in [-0.25, -0.2) is 0 Å². The number of allylic oxidation sites excluding steroid dienone is 1. The first kappa shape index (κ1) is 12.7. The van der Waals surface area contributed by atoms with E-state index >= 15 is 0 Å². The van der Waals surface area contributed by atoms with Crippen LogP contribution in [0.1, 0.15) is 11.1 Å². The zero-order valence-electron chi connectivity index (χ0n) is 9.97. The first-order chi connectivity index (χ1) is 7.95. The molecule has 0 saturated carbocycles. The maximum absolute atomic E-state index is 10.7. The lowest BCUT2D eigenvalue weighted by molar-refractivity contribution is -0.385. The summed E-state index contributed by atoms with van der Waals surface area (Å²) in [7, 11) is 3.63. The fourth-order valence-corrected chi connectivity index (χ4v) is 1.45. The number of nitrogens with zero attached hydrogens (tertiary/aromatic N) is 3. The molecule has 0 amide bonds. The Balaban J connectivity index is 3.22. The van der Waals surface area contributed by atoms with Crippen LogP contribution < -0.4 is 0 Å². The minimum absolute atomic E-state index is 0.0656. The maximum Gasteiger partial charge on any atom is 0.272 e. The van der Waals surface area contributed by atoms with Crippen molar-refractivity contribution in [2.75, 3.05) is 14.1 Å². The number of rotatable bonds is 3. The van der Waals surface area contributed by atoms with E-state index < -0.39 is 4.92 Å². The molecule has 0 unspecified atom stereocenters. The van der Waals surface area contributed by atoms with Gasteiger partial charge in [0.05, 0.1) is 10.5 Å². The average molecular weight is 231 g/mol. The van der Waals surface area contributed by atoms with E-state index in [1.165, 1.54) is 6.07 Å². The number of nitriles is 1. The number of benzene rings is 1. The molecular formula is C12H13N3O2. The van der Waals surface area contributed by atoms with Crippen LogP contribution in [-0.4, -0.2) is 23.9 Å². The fourth-order valence-electron chi connectivity index (χ4n) is 1.45. The molecule has 1 rings (SSSR count). The van der Waals surface area contributed by atoms with Crippen LogP contribution in [0, 0.1) is 28.4 Å². The van der Waals surface area contributed by atoms with Gasteiger partial charge >= 0.3 is 0 Å². The highest BCUT2D eigenvalue weighted by Gasteiger charge is 2.11. The normalized spacial score (nSPS) is 10.8. The lowest BCUT2D eigenvalue weighted by atomic mass is 10.0. The molecule has 0 spiro atoms. The number of nitro benzene ring substituents is 1. The standard InChI is InChI=1S/C12H13N3O2/c1-9-6-10(4-5-12(9)15(16)17)11(7-13)8-14(2)3/h4-6,8H,1-3H3. The van der Waals surface area contributed by atoms with Gasteiger partial charge < -0.3 is 4.90 Å². The summed E-state index contributed by atoms with van der Waals surface area (Å²) in [5, 5.41) is 19.7. The molecule has 0 fully saturated rings. The molecule has 1 aromatic rings. The van der Waals surface area contributed by atoms with Crippen molar-refractivity contribution in [3.05, 3.63) is 45.6 Å². The molecule has 0 heterocycles. The van der Waals surface area contributed by atoms with E-state index in [0.717, 1.165) is 0 Å². The summed E-state index contributed by atoms with van der Waals surface area (Å²) in [5.41, 5.74) is 1.78. The van der Waals surface area contributed by atoms with Crippen LogP contribution in [0.5, 0.6) is 0 Å². The Hall–Kier alpha value is -2.35. The van der Waals surface area contributed by atoms with E-state index in [9.17, 15) is 10.1 Å². The summed E-state index contributed by atoms with van der Waals surface area (Å²) in [5.74, 6) is 0. The van der Waals surface area contributed by atoms with E-state index in [0.29, 0.717) is 16.7 Å². The van der Waals surface area contributed by atoms with Gasteiger partial charge in [-0.2, -0.15) is 5.26 Å². The molecule has 0 aliphatic carbocycles. The summed E-state index contributed by atoms with van der Waals surface area (Å²) >= 11 is 0. The average Bonchev–Trinajstić information content (AvgIpc) is 2.24. The van der Waals surface area contributed by atoms with Crippen molar-refractivity contribution in [2.24, 2.45) is 0 Å². The van der Waals surface area contributed by atoms with Crippen molar-refractivity contribution in [3.8, 4) is 6.07 Å². The molecule has 1 aromatic carbocycles. The summed E-state index contributed by atoms with van der Waals surface area (Å²) < 4.78 is 0. The molecular weight excluding hydrogens is 218 g/mol. The smallest absolute Gasteiger partial charge is 0.272 e. The summed E-state index contributed by atoms with van der Waals surface area (Å²) in [4.78, 5) is 12.0. The molecule has 0 aliphatic rings. The Bertz CT molecular complexity index is 513. The van der Waals surface area contributed by atoms with E-state index in [-0.39, 0.29) is 5.69 Å². The van der Waals surface area contributed by atoms with Crippen molar-refractivity contribution in [3.63, 3.8) is 0 Å². The largest absolute Gasteiger partial charge is 0.382 e. The van der Waals surface area contributed by atoms with Gasteiger partial charge in [-0.1, -0.05) is 0 Å². The molecule has 0 radical (unpaired) electrons. The maximum atomic E-state index is 10.7. The Morgan fingerprint density at radius 2 is 2.18 bits per heavy atom. The third-order valence-corrected chi connectivity index (χ3v) is 2.21. The quantitative estimate of drug-likeness (QED) is 0.454. The molecule has 5 nitrogen and oxygen atoms in total. The molecule has 0 N–H and O–H groups in total. The van der Waals surface area contributed by atoms with Crippen molar-refractivity contribution in [1.82, 2.24) is 4.90 Å². The van der Waals surface area contributed by atoms with Crippen LogP contribution in [0.15, 0.2) is 24.4 Å². The number of aryl methyl sites for hydroxylation is 1. The molecule has 5 heteroatoms. The Morgan fingerprint density at radius 1 is 1.53 bits per heavy atom. The van der Waals surface area contributed by atoms with Crippen LogP contribution in [0.4, 0.5) is 5.69 Å². The molecule has 0 aromatic heterocycles. The zero-order valence-corrected chi connectivity index (χ0v) is 9.97. The van der Waals surface area contributed by atoms with Crippen LogP contribution in [0.25, 0.3) is 5.57 Å². The van der Waals surface area contributed by atoms with Gasteiger partial charge in [0.15, 0.2) is 0 Å². The number of hydrogen-bond donors (Lipinski definition) is 0. The summed E-state index contributed by atoms with van der Waals surface area (Å²) in [6.07, 6.45) is 1.68. The first-order valence-electron chi connectivity index (χ1n) is 4.99. The van der Waals surface area contributed by atoms with Gasteiger partial charge in [-0.3, -0.25) is 10.1 Å². The van der Waals surface area contributed by atoms with Crippen molar-refractivity contribution >= 4 is 11.3 Å². The van der Waals surface area contributed by atoms with Crippen molar-refractivity contribution in [1.29, 1.82) is 5.26 Å².